The van der Waals surface area contributed by atoms with Gasteiger partial charge in [0, 0.05) is 22.2 Å². The van der Waals surface area contributed by atoms with E-state index in [-0.39, 0.29) is 17.3 Å². The second kappa shape index (κ2) is 4.83. The molecule has 0 unspecified atom stereocenters. The Labute approximate surface area is 106 Å². The molecule has 0 bridgehead atoms. The van der Waals surface area contributed by atoms with Crippen molar-refractivity contribution >= 4 is 21.8 Å². The van der Waals surface area contributed by atoms with Crippen molar-refractivity contribution in [3.63, 3.8) is 0 Å². The van der Waals surface area contributed by atoms with Crippen LogP contribution in [0.3, 0.4) is 0 Å². The number of nitro groups is 1. The van der Waals surface area contributed by atoms with Gasteiger partial charge >= 0.3 is 0 Å². The number of piperidine rings is 1. The highest BCUT2D eigenvalue weighted by Gasteiger charge is 2.37. The van der Waals surface area contributed by atoms with Gasteiger partial charge in [0.25, 0.3) is 0 Å². The van der Waals surface area contributed by atoms with Gasteiger partial charge in [-0.05, 0) is 17.7 Å². The lowest BCUT2D eigenvalue weighted by molar-refractivity contribution is -0.529. The molecule has 17 heavy (non-hydrogen) atoms. The predicted octanol–water partition coefficient (Wildman–Crippen LogP) is 2.05. The standard InChI is InChI=1S/C11H11BrN2O3/c12-8-3-1-7(2-4-8)11-9(14(16)17)5-6-10(15)13-11/h1-4,9,11H,5-6H2,(H,13,15)/t9-,11-/m0/s1. The molecular formula is C11H11BrN2O3. The molecule has 1 aliphatic rings. The summed E-state index contributed by atoms with van der Waals surface area (Å²) in [6, 6.07) is 5.93. The number of nitrogens with one attached hydrogen (secondary N) is 1. The van der Waals surface area contributed by atoms with Crippen LogP contribution in [-0.2, 0) is 4.79 Å². The van der Waals surface area contributed by atoms with Gasteiger partial charge in [-0.1, -0.05) is 28.1 Å². The van der Waals surface area contributed by atoms with Gasteiger partial charge in [-0.15, -0.1) is 0 Å². The molecule has 1 aromatic rings. The summed E-state index contributed by atoms with van der Waals surface area (Å²) >= 11 is 3.30. The zero-order valence-corrected chi connectivity index (χ0v) is 10.5. The number of hydrogen-bond acceptors (Lipinski definition) is 3. The summed E-state index contributed by atoms with van der Waals surface area (Å²) in [5.41, 5.74) is 0.767. The number of carbonyl (C=O) groups is 1. The fourth-order valence-electron chi connectivity index (χ4n) is 1.99. The molecule has 0 aliphatic carbocycles. The summed E-state index contributed by atoms with van der Waals surface area (Å²) in [7, 11) is 0. The van der Waals surface area contributed by atoms with E-state index in [1.807, 2.05) is 12.1 Å². The highest BCUT2D eigenvalue weighted by Crippen LogP contribution is 2.27. The zero-order valence-electron chi connectivity index (χ0n) is 8.93. The van der Waals surface area contributed by atoms with Crippen LogP contribution in [-0.4, -0.2) is 16.9 Å². The molecule has 1 amide bonds. The number of rotatable bonds is 2. The van der Waals surface area contributed by atoms with Crippen LogP contribution in [0.4, 0.5) is 0 Å². The Morgan fingerprint density at radius 2 is 2.00 bits per heavy atom. The van der Waals surface area contributed by atoms with Crippen LogP contribution in [0, 0.1) is 10.1 Å². The van der Waals surface area contributed by atoms with E-state index in [1.54, 1.807) is 12.1 Å². The van der Waals surface area contributed by atoms with Crippen molar-refractivity contribution < 1.29 is 9.72 Å². The van der Waals surface area contributed by atoms with Crippen molar-refractivity contribution in [1.29, 1.82) is 0 Å². The molecule has 1 aliphatic heterocycles. The number of nitrogens with zero attached hydrogens (tertiary/aromatic N) is 1. The van der Waals surface area contributed by atoms with Crippen LogP contribution in [0.5, 0.6) is 0 Å². The Morgan fingerprint density at radius 1 is 1.35 bits per heavy atom. The predicted molar refractivity (Wildman–Crippen MR) is 65.0 cm³/mol. The summed E-state index contributed by atoms with van der Waals surface area (Å²) in [4.78, 5) is 22.0. The second-order valence-electron chi connectivity index (χ2n) is 3.99. The molecule has 6 heteroatoms. The minimum Gasteiger partial charge on any atom is -0.343 e. The summed E-state index contributed by atoms with van der Waals surface area (Å²) in [6.45, 7) is 0. The molecule has 1 heterocycles. The highest BCUT2D eigenvalue weighted by molar-refractivity contribution is 9.10. The first-order valence-corrected chi connectivity index (χ1v) is 6.05. The van der Waals surface area contributed by atoms with Crippen molar-refractivity contribution in [2.45, 2.75) is 24.9 Å². The topological polar surface area (TPSA) is 72.2 Å². The summed E-state index contributed by atoms with van der Waals surface area (Å²) in [5, 5.41) is 13.6. The van der Waals surface area contributed by atoms with Gasteiger partial charge < -0.3 is 5.32 Å². The quantitative estimate of drug-likeness (QED) is 0.671. The minimum atomic E-state index is -0.742. The Hall–Kier alpha value is -1.43. The smallest absolute Gasteiger partial charge is 0.237 e. The third kappa shape index (κ3) is 2.63. The van der Waals surface area contributed by atoms with Crippen LogP contribution in [0.2, 0.25) is 0 Å². The van der Waals surface area contributed by atoms with Crippen LogP contribution < -0.4 is 5.32 Å². The van der Waals surface area contributed by atoms with Crippen molar-refractivity contribution in [2.75, 3.05) is 0 Å². The molecule has 0 aromatic heterocycles. The van der Waals surface area contributed by atoms with Crippen LogP contribution in [0.25, 0.3) is 0 Å². The Balaban J connectivity index is 2.28. The Morgan fingerprint density at radius 3 is 2.59 bits per heavy atom. The van der Waals surface area contributed by atoms with Gasteiger partial charge in [0.15, 0.2) is 0 Å². The van der Waals surface area contributed by atoms with Crippen molar-refractivity contribution in [3.8, 4) is 0 Å². The van der Waals surface area contributed by atoms with Gasteiger partial charge in [0.1, 0.15) is 6.04 Å². The first-order chi connectivity index (χ1) is 8.08. The number of halogens is 1. The van der Waals surface area contributed by atoms with Crippen LogP contribution in [0.1, 0.15) is 24.4 Å². The van der Waals surface area contributed by atoms with E-state index in [2.05, 4.69) is 21.2 Å². The molecule has 1 saturated heterocycles. The monoisotopic (exact) mass is 298 g/mol. The van der Waals surface area contributed by atoms with E-state index in [1.165, 1.54) is 0 Å². The molecule has 5 nitrogen and oxygen atoms in total. The summed E-state index contributed by atoms with van der Waals surface area (Å²) < 4.78 is 0.904. The maximum absolute atomic E-state index is 11.3. The summed E-state index contributed by atoms with van der Waals surface area (Å²) in [5.74, 6) is -0.129. The normalized spacial score (nSPS) is 24.2. The molecule has 0 radical (unpaired) electrons. The average Bonchev–Trinajstić information content (AvgIpc) is 2.29. The zero-order chi connectivity index (χ0) is 12.4. The number of hydrogen-bond donors (Lipinski definition) is 1. The molecule has 1 fully saturated rings. The maximum atomic E-state index is 11.3. The van der Waals surface area contributed by atoms with E-state index in [4.69, 9.17) is 0 Å². The van der Waals surface area contributed by atoms with E-state index < -0.39 is 12.1 Å². The SMILES string of the molecule is O=C1CC[C@H]([N+](=O)[O-])[C@H](c2ccc(Br)cc2)N1. The largest absolute Gasteiger partial charge is 0.343 e. The third-order valence-corrected chi connectivity index (χ3v) is 3.40. The van der Waals surface area contributed by atoms with E-state index in [0.717, 1.165) is 10.0 Å². The highest BCUT2D eigenvalue weighted by atomic mass is 79.9. The van der Waals surface area contributed by atoms with Gasteiger partial charge in [-0.3, -0.25) is 14.9 Å². The van der Waals surface area contributed by atoms with Crippen LogP contribution in [0.15, 0.2) is 28.7 Å². The third-order valence-electron chi connectivity index (χ3n) is 2.87. The molecule has 0 spiro atoms. The molecule has 1 N–H and O–H groups in total. The van der Waals surface area contributed by atoms with E-state index in [0.29, 0.717) is 6.42 Å². The average molecular weight is 299 g/mol. The number of amides is 1. The molecule has 2 atom stereocenters. The van der Waals surface area contributed by atoms with Gasteiger partial charge in [-0.25, -0.2) is 0 Å². The molecule has 1 aromatic carbocycles. The second-order valence-corrected chi connectivity index (χ2v) is 4.90. The molecular weight excluding hydrogens is 288 g/mol. The number of benzene rings is 1. The Kier molecular flexibility index (Phi) is 3.42. The minimum absolute atomic E-state index is 0.129. The van der Waals surface area contributed by atoms with Gasteiger partial charge in [0.05, 0.1) is 0 Å². The summed E-state index contributed by atoms with van der Waals surface area (Å²) in [6.07, 6.45) is 0.512. The molecule has 0 saturated carbocycles. The van der Waals surface area contributed by atoms with Crippen molar-refractivity contribution in [2.24, 2.45) is 0 Å². The van der Waals surface area contributed by atoms with Gasteiger partial charge in [-0.2, -0.15) is 0 Å². The lowest BCUT2D eigenvalue weighted by Gasteiger charge is -2.26. The van der Waals surface area contributed by atoms with E-state index in [9.17, 15) is 14.9 Å². The lowest BCUT2D eigenvalue weighted by Crippen LogP contribution is -2.45. The first kappa shape index (κ1) is 12.0. The molecule has 2 rings (SSSR count). The first-order valence-electron chi connectivity index (χ1n) is 5.26. The number of carbonyl (C=O) groups excluding carboxylic acids is 1. The van der Waals surface area contributed by atoms with Gasteiger partial charge in [0.2, 0.25) is 11.9 Å². The van der Waals surface area contributed by atoms with E-state index >= 15 is 0 Å². The lowest BCUT2D eigenvalue weighted by atomic mass is 9.92. The Bertz CT molecular complexity index is 447. The van der Waals surface area contributed by atoms with Crippen molar-refractivity contribution in [3.05, 3.63) is 44.4 Å². The van der Waals surface area contributed by atoms with Crippen LogP contribution >= 0.6 is 15.9 Å². The fraction of sp³-hybridized carbons (Fsp3) is 0.364. The van der Waals surface area contributed by atoms with Crippen molar-refractivity contribution in [1.82, 2.24) is 5.32 Å². The maximum Gasteiger partial charge on any atom is 0.237 e. The fourth-order valence-corrected chi connectivity index (χ4v) is 2.25. The molecule has 90 valence electrons.